The Balaban J connectivity index is 1.86. The second kappa shape index (κ2) is 5.16. The molecule has 3 heteroatoms. The summed E-state index contributed by atoms with van der Waals surface area (Å²) in [6.45, 7) is 2.15. The van der Waals surface area contributed by atoms with Crippen molar-refractivity contribution in [1.82, 2.24) is 0 Å². The molecular weight excluding hydrogens is 253 g/mol. The molecule has 0 fully saturated rings. The zero-order valence-electron chi connectivity index (χ0n) is 11.7. The molecular formula is C17H18FNO. The Bertz CT molecular complexity index is 639. The van der Waals surface area contributed by atoms with Gasteiger partial charge in [-0.3, -0.25) is 0 Å². The van der Waals surface area contributed by atoms with Crippen LogP contribution in [0.2, 0.25) is 0 Å². The molecule has 0 radical (unpaired) electrons. The van der Waals surface area contributed by atoms with Crippen LogP contribution in [0.15, 0.2) is 36.4 Å². The van der Waals surface area contributed by atoms with Gasteiger partial charge in [-0.25, -0.2) is 4.39 Å². The summed E-state index contributed by atoms with van der Waals surface area (Å²) < 4.78 is 18.8. The van der Waals surface area contributed by atoms with Crippen LogP contribution >= 0.6 is 0 Å². The molecule has 3 rings (SSSR count). The third kappa shape index (κ3) is 2.24. The van der Waals surface area contributed by atoms with E-state index in [-0.39, 0.29) is 17.6 Å². The predicted octanol–water partition coefficient (Wildman–Crippen LogP) is 4.11. The van der Waals surface area contributed by atoms with Crippen LogP contribution in [-0.4, -0.2) is 7.11 Å². The van der Waals surface area contributed by atoms with Gasteiger partial charge in [0.1, 0.15) is 0 Å². The van der Waals surface area contributed by atoms with E-state index < -0.39 is 0 Å². The summed E-state index contributed by atoms with van der Waals surface area (Å²) in [5, 5.41) is 3.46. The number of halogens is 1. The zero-order valence-corrected chi connectivity index (χ0v) is 11.7. The van der Waals surface area contributed by atoms with Gasteiger partial charge in [-0.05, 0) is 47.7 Å². The van der Waals surface area contributed by atoms with E-state index in [1.807, 2.05) is 6.07 Å². The number of hydrogen-bond acceptors (Lipinski definition) is 2. The van der Waals surface area contributed by atoms with Gasteiger partial charge in [-0.2, -0.15) is 0 Å². The molecule has 0 bridgehead atoms. The van der Waals surface area contributed by atoms with E-state index in [0.717, 1.165) is 24.1 Å². The smallest absolute Gasteiger partial charge is 0.165 e. The maximum absolute atomic E-state index is 13.8. The first-order chi connectivity index (χ1) is 9.71. The van der Waals surface area contributed by atoms with Crippen LogP contribution in [0, 0.1) is 5.82 Å². The molecule has 0 spiro atoms. The third-order valence-corrected chi connectivity index (χ3v) is 3.91. The van der Waals surface area contributed by atoms with E-state index in [9.17, 15) is 4.39 Å². The van der Waals surface area contributed by atoms with Crippen molar-refractivity contribution >= 4 is 5.69 Å². The van der Waals surface area contributed by atoms with E-state index in [0.29, 0.717) is 0 Å². The van der Waals surface area contributed by atoms with E-state index in [2.05, 4.69) is 30.4 Å². The largest absolute Gasteiger partial charge is 0.494 e. The van der Waals surface area contributed by atoms with E-state index in [1.165, 1.54) is 18.2 Å². The van der Waals surface area contributed by atoms with Gasteiger partial charge in [0, 0.05) is 5.69 Å². The first-order valence-corrected chi connectivity index (χ1v) is 6.93. The summed E-state index contributed by atoms with van der Waals surface area (Å²) in [4.78, 5) is 0. The van der Waals surface area contributed by atoms with Gasteiger partial charge >= 0.3 is 0 Å². The number of rotatable bonds is 3. The molecule has 104 valence electrons. The molecule has 1 atom stereocenters. The van der Waals surface area contributed by atoms with E-state index in [1.54, 1.807) is 12.1 Å². The Morgan fingerprint density at radius 2 is 2.10 bits per heavy atom. The Morgan fingerprint density at radius 3 is 2.80 bits per heavy atom. The fourth-order valence-corrected chi connectivity index (χ4v) is 2.74. The molecule has 20 heavy (non-hydrogen) atoms. The second-order valence-electron chi connectivity index (χ2n) is 5.14. The Hall–Kier alpha value is -2.03. The normalized spacial score (nSPS) is 16.6. The maximum Gasteiger partial charge on any atom is 0.165 e. The van der Waals surface area contributed by atoms with Gasteiger partial charge in [-0.1, -0.05) is 25.1 Å². The van der Waals surface area contributed by atoms with Gasteiger partial charge in [0.15, 0.2) is 11.6 Å². The SMILES string of the molecule is CCc1ccc2c(c1)CC(c1ccc(OC)c(F)c1)N2. The molecule has 0 saturated carbocycles. The molecule has 1 heterocycles. The summed E-state index contributed by atoms with van der Waals surface area (Å²) >= 11 is 0. The highest BCUT2D eigenvalue weighted by Crippen LogP contribution is 2.35. The van der Waals surface area contributed by atoms with Crippen LogP contribution in [0.4, 0.5) is 10.1 Å². The van der Waals surface area contributed by atoms with E-state index >= 15 is 0 Å². The summed E-state index contributed by atoms with van der Waals surface area (Å²) in [5.74, 6) is -0.0190. The lowest BCUT2D eigenvalue weighted by Crippen LogP contribution is -2.06. The van der Waals surface area contributed by atoms with Crippen LogP contribution in [0.5, 0.6) is 5.75 Å². The lowest BCUT2D eigenvalue weighted by Gasteiger charge is -2.12. The summed E-state index contributed by atoms with van der Waals surface area (Å²) in [6.07, 6.45) is 1.93. The summed E-state index contributed by atoms with van der Waals surface area (Å²) in [6, 6.07) is 11.8. The van der Waals surface area contributed by atoms with Crippen molar-refractivity contribution < 1.29 is 9.13 Å². The molecule has 1 aliphatic heterocycles. The standard InChI is InChI=1S/C17H18FNO/c1-3-11-4-6-15-13(8-11)10-16(19-15)12-5-7-17(20-2)14(18)9-12/h4-9,16,19H,3,10H2,1-2H3. The number of benzene rings is 2. The van der Waals surface area contributed by atoms with Gasteiger partial charge in [-0.15, -0.1) is 0 Å². The van der Waals surface area contributed by atoms with Crippen molar-refractivity contribution in [3.05, 3.63) is 58.9 Å². The van der Waals surface area contributed by atoms with Crippen LogP contribution < -0.4 is 10.1 Å². The average molecular weight is 271 g/mol. The van der Waals surface area contributed by atoms with Gasteiger partial charge in [0.2, 0.25) is 0 Å². The van der Waals surface area contributed by atoms with Crippen molar-refractivity contribution in [2.45, 2.75) is 25.8 Å². The number of hydrogen-bond donors (Lipinski definition) is 1. The number of aryl methyl sites for hydroxylation is 1. The van der Waals surface area contributed by atoms with Gasteiger partial charge in [0.25, 0.3) is 0 Å². The highest BCUT2D eigenvalue weighted by atomic mass is 19.1. The highest BCUT2D eigenvalue weighted by Gasteiger charge is 2.22. The van der Waals surface area contributed by atoms with Gasteiger partial charge in [0.05, 0.1) is 13.2 Å². The number of methoxy groups -OCH3 is 1. The minimum absolute atomic E-state index is 0.137. The minimum Gasteiger partial charge on any atom is -0.494 e. The van der Waals surface area contributed by atoms with Crippen molar-refractivity contribution in [3.8, 4) is 5.75 Å². The number of ether oxygens (including phenoxy) is 1. The van der Waals surface area contributed by atoms with Crippen molar-refractivity contribution in [2.24, 2.45) is 0 Å². The number of anilines is 1. The lowest BCUT2D eigenvalue weighted by atomic mass is 10.0. The molecule has 2 aromatic rings. The molecule has 1 N–H and O–H groups in total. The first kappa shape index (κ1) is 13.0. The summed E-state index contributed by atoms with van der Waals surface area (Å²) in [7, 11) is 1.48. The topological polar surface area (TPSA) is 21.3 Å². The monoisotopic (exact) mass is 271 g/mol. The van der Waals surface area contributed by atoms with Crippen molar-refractivity contribution in [1.29, 1.82) is 0 Å². The van der Waals surface area contributed by atoms with Crippen LogP contribution in [-0.2, 0) is 12.8 Å². The van der Waals surface area contributed by atoms with Crippen molar-refractivity contribution in [3.63, 3.8) is 0 Å². The van der Waals surface area contributed by atoms with Gasteiger partial charge < -0.3 is 10.1 Å². The summed E-state index contributed by atoms with van der Waals surface area (Å²) in [5.41, 5.74) is 4.76. The first-order valence-electron chi connectivity index (χ1n) is 6.93. The average Bonchev–Trinajstić information content (AvgIpc) is 2.89. The molecule has 2 aromatic carbocycles. The molecule has 0 amide bonds. The lowest BCUT2D eigenvalue weighted by molar-refractivity contribution is 0.386. The predicted molar refractivity (Wildman–Crippen MR) is 78.8 cm³/mol. The van der Waals surface area contributed by atoms with Crippen molar-refractivity contribution in [2.75, 3.05) is 12.4 Å². The van der Waals surface area contributed by atoms with Crippen LogP contribution in [0.1, 0.15) is 29.7 Å². The number of fused-ring (bicyclic) bond motifs is 1. The Labute approximate surface area is 118 Å². The highest BCUT2D eigenvalue weighted by molar-refractivity contribution is 5.59. The quantitative estimate of drug-likeness (QED) is 0.907. The fraction of sp³-hybridized carbons (Fsp3) is 0.294. The second-order valence-corrected chi connectivity index (χ2v) is 5.14. The van der Waals surface area contributed by atoms with Crippen LogP contribution in [0.3, 0.4) is 0 Å². The number of nitrogens with one attached hydrogen (secondary N) is 1. The third-order valence-electron chi connectivity index (χ3n) is 3.91. The van der Waals surface area contributed by atoms with E-state index in [4.69, 9.17) is 4.74 Å². The maximum atomic E-state index is 13.8. The zero-order chi connectivity index (χ0) is 14.1. The molecule has 1 aliphatic rings. The Morgan fingerprint density at radius 1 is 1.25 bits per heavy atom. The molecule has 0 aliphatic carbocycles. The minimum atomic E-state index is -0.308. The van der Waals surface area contributed by atoms with Crippen LogP contribution in [0.25, 0.3) is 0 Å². The molecule has 0 saturated heterocycles. The Kier molecular flexibility index (Phi) is 3.35. The molecule has 1 unspecified atom stereocenters. The fourth-order valence-electron chi connectivity index (χ4n) is 2.74. The molecule has 2 nitrogen and oxygen atoms in total. The molecule has 0 aromatic heterocycles.